The first-order chi connectivity index (χ1) is 10.3. The lowest BCUT2D eigenvalue weighted by atomic mass is 10.0. The Kier molecular flexibility index (Phi) is 7.24. The van der Waals surface area contributed by atoms with Gasteiger partial charge in [-0.25, -0.2) is 9.97 Å². The first-order valence-electron chi connectivity index (χ1n) is 7.84. The van der Waals surface area contributed by atoms with Crippen LogP contribution in [0.25, 0.3) is 0 Å². The summed E-state index contributed by atoms with van der Waals surface area (Å²) in [5, 5.41) is 14.8. The van der Waals surface area contributed by atoms with Gasteiger partial charge in [0, 0.05) is 24.2 Å². The molecule has 6 nitrogen and oxygen atoms in total. The van der Waals surface area contributed by atoms with Crippen LogP contribution in [0, 0.1) is 12.8 Å². The fraction of sp³-hybridized carbons (Fsp3) is 0.688. The predicted octanol–water partition coefficient (Wildman–Crippen LogP) is 1.84. The number of hydrogen-bond acceptors (Lipinski definition) is 5. The number of amides is 1. The lowest BCUT2D eigenvalue weighted by Crippen LogP contribution is -2.41. The molecule has 0 aliphatic carbocycles. The molecule has 0 spiro atoms. The summed E-state index contributed by atoms with van der Waals surface area (Å²) in [4.78, 5) is 21.1. The van der Waals surface area contributed by atoms with Crippen LogP contribution >= 0.6 is 0 Å². The second-order valence-electron chi connectivity index (χ2n) is 6.25. The lowest BCUT2D eigenvalue weighted by molar-refractivity contribution is -0.122. The summed E-state index contributed by atoms with van der Waals surface area (Å²) in [5.41, 5.74) is 0.875. The van der Waals surface area contributed by atoms with Crippen LogP contribution in [0.3, 0.4) is 0 Å². The van der Waals surface area contributed by atoms with Gasteiger partial charge in [-0.1, -0.05) is 27.7 Å². The Morgan fingerprint density at radius 2 is 1.95 bits per heavy atom. The number of aryl methyl sites for hydroxylation is 1. The van der Waals surface area contributed by atoms with Crippen LogP contribution in [0.2, 0.25) is 0 Å². The lowest BCUT2D eigenvalue weighted by Gasteiger charge is -2.21. The number of rotatable bonds is 8. The third-order valence-electron chi connectivity index (χ3n) is 3.14. The zero-order valence-electron chi connectivity index (χ0n) is 14.2. The van der Waals surface area contributed by atoms with Crippen molar-refractivity contribution in [3.05, 3.63) is 17.6 Å². The number of anilines is 1. The van der Waals surface area contributed by atoms with Gasteiger partial charge in [-0.3, -0.25) is 4.79 Å². The van der Waals surface area contributed by atoms with Crippen molar-refractivity contribution < 1.29 is 9.90 Å². The van der Waals surface area contributed by atoms with E-state index in [1.165, 1.54) is 0 Å². The van der Waals surface area contributed by atoms with Crippen molar-refractivity contribution in [2.24, 2.45) is 5.92 Å². The Bertz CT molecular complexity index is 489. The minimum atomic E-state index is -0.374. The summed E-state index contributed by atoms with van der Waals surface area (Å²) in [7, 11) is 0. The monoisotopic (exact) mass is 308 g/mol. The SMILES string of the molecule is Cc1cc(N[C@@H](CC(C)C)C(=O)NCCO)nc(C(C)C)n1. The molecule has 22 heavy (non-hydrogen) atoms. The predicted molar refractivity (Wildman–Crippen MR) is 87.8 cm³/mol. The minimum absolute atomic E-state index is 0.0652. The van der Waals surface area contributed by atoms with Crippen LogP contribution in [-0.4, -0.2) is 40.2 Å². The number of nitrogens with one attached hydrogen (secondary N) is 2. The van der Waals surface area contributed by atoms with E-state index in [0.717, 1.165) is 11.5 Å². The summed E-state index contributed by atoms with van der Waals surface area (Å²) in [6.45, 7) is 10.3. The molecule has 1 heterocycles. The molecule has 1 atom stereocenters. The molecule has 1 aromatic heterocycles. The van der Waals surface area contributed by atoms with Crippen molar-refractivity contribution in [2.75, 3.05) is 18.5 Å². The van der Waals surface area contributed by atoms with Crippen LogP contribution in [-0.2, 0) is 4.79 Å². The Morgan fingerprint density at radius 3 is 2.50 bits per heavy atom. The molecule has 1 amide bonds. The van der Waals surface area contributed by atoms with E-state index in [0.29, 0.717) is 18.2 Å². The Labute approximate surface area is 132 Å². The van der Waals surface area contributed by atoms with Crippen LogP contribution in [0.4, 0.5) is 5.82 Å². The smallest absolute Gasteiger partial charge is 0.242 e. The molecule has 0 aliphatic rings. The van der Waals surface area contributed by atoms with Crippen LogP contribution in [0.5, 0.6) is 0 Å². The van der Waals surface area contributed by atoms with Crippen molar-refractivity contribution in [3.8, 4) is 0 Å². The van der Waals surface area contributed by atoms with Gasteiger partial charge in [-0.15, -0.1) is 0 Å². The van der Waals surface area contributed by atoms with Crippen LogP contribution in [0.15, 0.2) is 6.07 Å². The molecule has 124 valence electrons. The highest BCUT2D eigenvalue weighted by molar-refractivity contribution is 5.84. The second-order valence-corrected chi connectivity index (χ2v) is 6.25. The standard InChI is InChI=1S/C16H28N4O2/c1-10(2)8-13(16(22)17-6-7-21)19-14-9-12(5)18-15(20-14)11(3)4/h9-11,13,21H,6-8H2,1-5H3,(H,17,22)(H,18,19,20)/t13-/m0/s1. The van der Waals surface area contributed by atoms with Gasteiger partial charge >= 0.3 is 0 Å². The van der Waals surface area contributed by atoms with E-state index in [9.17, 15) is 4.79 Å². The number of aromatic nitrogens is 2. The van der Waals surface area contributed by atoms with Gasteiger partial charge in [0.1, 0.15) is 17.7 Å². The maximum atomic E-state index is 12.2. The van der Waals surface area contributed by atoms with E-state index in [4.69, 9.17) is 5.11 Å². The van der Waals surface area contributed by atoms with Crippen molar-refractivity contribution in [1.82, 2.24) is 15.3 Å². The molecule has 0 aromatic carbocycles. The van der Waals surface area contributed by atoms with Gasteiger partial charge in [-0.05, 0) is 19.3 Å². The molecular formula is C16H28N4O2. The molecule has 0 unspecified atom stereocenters. The number of aliphatic hydroxyl groups excluding tert-OH is 1. The zero-order valence-corrected chi connectivity index (χ0v) is 14.2. The zero-order chi connectivity index (χ0) is 16.7. The van der Waals surface area contributed by atoms with Gasteiger partial charge in [0.25, 0.3) is 0 Å². The molecule has 1 rings (SSSR count). The fourth-order valence-electron chi connectivity index (χ4n) is 2.11. The average Bonchev–Trinajstić information content (AvgIpc) is 2.42. The number of nitrogens with zero attached hydrogens (tertiary/aromatic N) is 2. The summed E-state index contributed by atoms with van der Waals surface area (Å²) in [5.74, 6) is 1.91. The van der Waals surface area contributed by atoms with Crippen molar-refractivity contribution in [3.63, 3.8) is 0 Å². The normalized spacial score (nSPS) is 12.5. The number of hydrogen-bond donors (Lipinski definition) is 3. The highest BCUT2D eigenvalue weighted by Crippen LogP contribution is 2.16. The van der Waals surface area contributed by atoms with Crippen molar-refractivity contribution >= 4 is 11.7 Å². The summed E-state index contributed by atoms with van der Waals surface area (Å²) < 4.78 is 0. The number of carbonyl (C=O) groups is 1. The van der Waals surface area contributed by atoms with Gasteiger partial charge in [0.05, 0.1) is 6.61 Å². The van der Waals surface area contributed by atoms with Crippen LogP contribution in [0.1, 0.15) is 51.6 Å². The van der Waals surface area contributed by atoms with E-state index in [1.54, 1.807) is 0 Å². The molecule has 0 aliphatic heterocycles. The Balaban J connectivity index is 2.91. The molecule has 3 N–H and O–H groups in total. The maximum absolute atomic E-state index is 12.2. The third kappa shape index (κ3) is 5.97. The van der Waals surface area contributed by atoms with Gasteiger partial charge in [-0.2, -0.15) is 0 Å². The van der Waals surface area contributed by atoms with Crippen molar-refractivity contribution in [1.29, 1.82) is 0 Å². The first-order valence-corrected chi connectivity index (χ1v) is 7.84. The van der Waals surface area contributed by atoms with E-state index in [2.05, 4.69) is 34.4 Å². The van der Waals surface area contributed by atoms with Gasteiger partial charge in [0.2, 0.25) is 5.91 Å². The maximum Gasteiger partial charge on any atom is 0.242 e. The molecule has 0 bridgehead atoms. The minimum Gasteiger partial charge on any atom is -0.395 e. The third-order valence-corrected chi connectivity index (χ3v) is 3.14. The van der Waals surface area contributed by atoms with E-state index in [-0.39, 0.29) is 31.0 Å². The second kappa shape index (κ2) is 8.68. The molecule has 1 aromatic rings. The highest BCUT2D eigenvalue weighted by Gasteiger charge is 2.20. The average molecular weight is 308 g/mol. The molecule has 0 fully saturated rings. The quantitative estimate of drug-likeness (QED) is 0.682. The number of aliphatic hydroxyl groups is 1. The Hall–Kier alpha value is -1.69. The summed E-state index contributed by atoms with van der Waals surface area (Å²) in [6.07, 6.45) is 0.692. The molecule has 0 radical (unpaired) electrons. The number of carbonyl (C=O) groups excluding carboxylic acids is 1. The molecule has 6 heteroatoms. The van der Waals surface area contributed by atoms with Crippen LogP contribution < -0.4 is 10.6 Å². The summed E-state index contributed by atoms with van der Waals surface area (Å²) >= 11 is 0. The van der Waals surface area contributed by atoms with E-state index in [1.807, 2.05) is 26.8 Å². The molecule has 0 saturated heterocycles. The Morgan fingerprint density at radius 1 is 1.27 bits per heavy atom. The fourth-order valence-corrected chi connectivity index (χ4v) is 2.11. The van der Waals surface area contributed by atoms with Gasteiger partial charge in [0.15, 0.2) is 0 Å². The largest absolute Gasteiger partial charge is 0.395 e. The first kappa shape index (κ1) is 18.4. The van der Waals surface area contributed by atoms with Crippen molar-refractivity contribution in [2.45, 2.75) is 53.0 Å². The van der Waals surface area contributed by atoms with E-state index < -0.39 is 0 Å². The van der Waals surface area contributed by atoms with E-state index >= 15 is 0 Å². The highest BCUT2D eigenvalue weighted by atomic mass is 16.3. The summed E-state index contributed by atoms with van der Waals surface area (Å²) in [6, 6.07) is 1.47. The van der Waals surface area contributed by atoms with Gasteiger partial charge < -0.3 is 15.7 Å². The molecule has 0 saturated carbocycles. The molecular weight excluding hydrogens is 280 g/mol. The topological polar surface area (TPSA) is 87.1 Å².